The molecule has 0 spiro atoms. The van der Waals surface area contributed by atoms with Crippen molar-refractivity contribution in [2.24, 2.45) is 0 Å². The van der Waals surface area contributed by atoms with Crippen molar-refractivity contribution in [2.45, 2.75) is 13.8 Å². The largest absolute Gasteiger partial charge is 0.508 e. The van der Waals surface area contributed by atoms with Gasteiger partial charge < -0.3 is 5.11 Å². The van der Waals surface area contributed by atoms with Crippen LogP contribution in [0.15, 0.2) is 49.0 Å². The number of aliphatic hydroxyl groups excluding tert-OH is 1. The van der Waals surface area contributed by atoms with Gasteiger partial charge in [-0.3, -0.25) is 0 Å². The van der Waals surface area contributed by atoms with Crippen molar-refractivity contribution in [3.63, 3.8) is 0 Å². The average Bonchev–Trinajstić information content (AvgIpc) is 2.31. The summed E-state index contributed by atoms with van der Waals surface area (Å²) in [5, 5.41) is 11.5. The van der Waals surface area contributed by atoms with E-state index >= 15 is 0 Å². The summed E-state index contributed by atoms with van der Waals surface area (Å²) in [6.07, 6.45) is 0. The summed E-state index contributed by atoms with van der Waals surface area (Å²) in [4.78, 5) is 0. The van der Waals surface area contributed by atoms with Crippen molar-refractivity contribution in [2.75, 3.05) is 0 Å². The average molecular weight is 200 g/mol. The van der Waals surface area contributed by atoms with Crippen molar-refractivity contribution in [1.82, 2.24) is 0 Å². The molecule has 0 aliphatic rings. The molecule has 0 saturated carbocycles. The summed E-state index contributed by atoms with van der Waals surface area (Å²) in [5.41, 5.74) is 0.777. The molecule has 0 atom stereocenters. The molecule has 0 amide bonds. The van der Waals surface area contributed by atoms with Gasteiger partial charge in [0.25, 0.3) is 0 Å². The molecular weight excluding hydrogens is 184 g/mol. The fourth-order valence-corrected chi connectivity index (χ4v) is 1.37. The highest BCUT2D eigenvalue weighted by atomic mass is 16.3. The minimum Gasteiger partial charge on any atom is -0.508 e. The molecule has 0 fully saturated rings. The summed E-state index contributed by atoms with van der Waals surface area (Å²) in [7, 11) is 0. The van der Waals surface area contributed by atoms with E-state index < -0.39 is 0 Å². The predicted molar refractivity (Wildman–Crippen MR) is 67.0 cm³/mol. The highest BCUT2D eigenvalue weighted by Gasteiger charge is 1.96. The third-order valence-electron chi connectivity index (χ3n) is 2.08. The maximum atomic E-state index is 9.19. The number of benzene rings is 2. The summed E-state index contributed by atoms with van der Waals surface area (Å²) >= 11 is 0. The lowest BCUT2D eigenvalue weighted by Gasteiger charge is -2.00. The van der Waals surface area contributed by atoms with Crippen molar-refractivity contribution in [3.8, 4) is 0 Å². The number of hydrogen-bond donors (Lipinski definition) is 1. The SMILES string of the molecule is C=C(O)c1ccc2ccccc2c1.CC. The highest BCUT2D eigenvalue weighted by molar-refractivity contribution is 5.85. The Bertz CT molecular complexity index is 458. The molecule has 0 radical (unpaired) electrons. The van der Waals surface area contributed by atoms with Crippen LogP contribution in [0.2, 0.25) is 0 Å². The van der Waals surface area contributed by atoms with Gasteiger partial charge in [0.05, 0.1) is 0 Å². The summed E-state index contributed by atoms with van der Waals surface area (Å²) in [6, 6.07) is 13.8. The van der Waals surface area contributed by atoms with Gasteiger partial charge in [-0.05, 0) is 16.8 Å². The van der Waals surface area contributed by atoms with E-state index in [2.05, 4.69) is 6.58 Å². The van der Waals surface area contributed by atoms with Crippen LogP contribution >= 0.6 is 0 Å². The molecule has 2 rings (SSSR count). The van der Waals surface area contributed by atoms with Gasteiger partial charge in [0, 0.05) is 5.56 Å². The molecule has 1 N–H and O–H groups in total. The third kappa shape index (κ3) is 2.59. The smallest absolute Gasteiger partial charge is 0.115 e. The van der Waals surface area contributed by atoms with Gasteiger partial charge in [-0.15, -0.1) is 0 Å². The quantitative estimate of drug-likeness (QED) is 0.677. The van der Waals surface area contributed by atoms with Crippen LogP contribution in [0.5, 0.6) is 0 Å². The van der Waals surface area contributed by atoms with Crippen molar-refractivity contribution in [3.05, 3.63) is 54.6 Å². The first kappa shape index (κ1) is 11.3. The number of hydrogen-bond acceptors (Lipinski definition) is 1. The number of rotatable bonds is 1. The molecule has 1 heteroatoms. The van der Waals surface area contributed by atoms with Crippen LogP contribution in [0.1, 0.15) is 19.4 Å². The number of fused-ring (bicyclic) bond motifs is 1. The zero-order valence-electron chi connectivity index (χ0n) is 9.20. The fourth-order valence-electron chi connectivity index (χ4n) is 1.37. The molecule has 1 nitrogen and oxygen atoms in total. The molecular formula is C14H16O. The maximum Gasteiger partial charge on any atom is 0.115 e. The molecule has 0 aliphatic heterocycles. The zero-order valence-corrected chi connectivity index (χ0v) is 9.20. The van der Waals surface area contributed by atoms with Gasteiger partial charge in [-0.25, -0.2) is 0 Å². The van der Waals surface area contributed by atoms with E-state index in [1.165, 1.54) is 5.39 Å². The van der Waals surface area contributed by atoms with Crippen LogP contribution in [-0.2, 0) is 0 Å². The molecule has 2 aromatic rings. The van der Waals surface area contributed by atoms with Crippen molar-refractivity contribution >= 4 is 16.5 Å². The third-order valence-corrected chi connectivity index (χ3v) is 2.08. The maximum absolute atomic E-state index is 9.19. The Balaban J connectivity index is 0.000000531. The van der Waals surface area contributed by atoms with Crippen LogP contribution in [0.3, 0.4) is 0 Å². The lowest BCUT2D eigenvalue weighted by molar-refractivity contribution is 0.514. The van der Waals surface area contributed by atoms with Gasteiger partial charge in [0.15, 0.2) is 0 Å². The van der Waals surface area contributed by atoms with E-state index in [1.807, 2.05) is 56.3 Å². The second-order valence-electron chi connectivity index (χ2n) is 3.01. The minimum atomic E-state index is 0.116. The lowest BCUT2D eigenvalue weighted by atomic mass is 10.1. The molecule has 2 aromatic carbocycles. The van der Waals surface area contributed by atoms with Gasteiger partial charge in [-0.1, -0.05) is 56.8 Å². The van der Waals surface area contributed by atoms with Gasteiger partial charge in [-0.2, -0.15) is 0 Å². The Kier molecular flexibility index (Phi) is 3.92. The van der Waals surface area contributed by atoms with Gasteiger partial charge >= 0.3 is 0 Å². The molecule has 0 saturated heterocycles. The van der Waals surface area contributed by atoms with Crippen LogP contribution in [0.4, 0.5) is 0 Å². The fraction of sp³-hybridized carbons (Fsp3) is 0.143. The Hall–Kier alpha value is -1.76. The van der Waals surface area contributed by atoms with Crippen molar-refractivity contribution < 1.29 is 5.11 Å². The molecule has 0 unspecified atom stereocenters. The van der Waals surface area contributed by atoms with E-state index in [4.69, 9.17) is 0 Å². The van der Waals surface area contributed by atoms with Crippen LogP contribution in [0.25, 0.3) is 16.5 Å². The first-order valence-electron chi connectivity index (χ1n) is 5.14. The molecule has 15 heavy (non-hydrogen) atoms. The van der Waals surface area contributed by atoms with Crippen LogP contribution < -0.4 is 0 Å². The minimum absolute atomic E-state index is 0.116. The molecule has 0 aromatic heterocycles. The zero-order chi connectivity index (χ0) is 11.3. The second-order valence-corrected chi connectivity index (χ2v) is 3.01. The summed E-state index contributed by atoms with van der Waals surface area (Å²) in [6.45, 7) is 7.49. The summed E-state index contributed by atoms with van der Waals surface area (Å²) < 4.78 is 0. The van der Waals surface area contributed by atoms with E-state index in [9.17, 15) is 5.11 Å². The Morgan fingerprint density at radius 2 is 1.60 bits per heavy atom. The highest BCUT2D eigenvalue weighted by Crippen LogP contribution is 2.18. The standard InChI is InChI=1S/C12H10O.C2H6/c1-9(13)11-7-6-10-4-2-3-5-12(10)8-11;1-2/h2-8,13H,1H2;1-2H3. The first-order valence-corrected chi connectivity index (χ1v) is 5.14. The normalized spacial score (nSPS) is 9.20. The number of aliphatic hydroxyl groups is 1. The lowest BCUT2D eigenvalue weighted by Crippen LogP contribution is -1.80. The summed E-state index contributed by atoms with van der Waals surface area (Å²) in [5.74, 6) is 0.116. The monoisotopic (exact) mass is 200 g/mol. The topological polar surface area (TPSA) is 20.2 Å². The van der Waals surface area contributed by atoms with Gasteiger partial charge in [0.2, 0.25) is 0 Å². The van der Waals surface area contributed by atoms with Crippen molar-refractivity contribution in [1.29, 1.82) is 0 Å². The molecule has 0 heterocycles. The Morgan fingerprint density at radius 3 is 2.20 bits per heavy atom. The van der Waals surface area contributed by atoms with Crippen LogP contribution in [-0.4, -0.2) is 5.11 Å². The van der Waals surface area contributed by atoms with E-state index in [0.717, 1.165) is 10.9 Å². The molecule has 78 valence electrons. The Morgan fingerprint density at radius 1 is 1.00 bits per heavy atom. The van der Waals surface area contributed by atoms with E-state index in [-0.39, 0.29) is 5.76 Å². The van der Waals surface area contributed by atoms with Gasteiger partial charge in [0.1, 0.15) is 5.76 Å². The molecule has 0 bridgehead atoms. The predicted octanol–water partition coefficient (Wildman–Crippen LogP) is 4.39. The molecule has 0 aliphatic carbocycles. The second kappa shape index (κ2) is 5.20. The first-order chi connectivity index (χ1) is 7.27. The Labute approximate surface area is 90.7 Å². The van der Waals surface area contributed by atoms with E-state index in [0.29, 0.717) is 0 Å². The van der Waals surface area contributed by atoms with E-state index in [1.54, 1.807) is 0 Å². The van der Waals surface area contributed by atoms with Crippen LogP contribution in [0, 0.1) is 0 Å².